The molecule has 2 N–H and O–H groups in total. The van der Waals surface area contributed by atoms with Crippen LogP contribution < -0.4 is 0 Å². The summed E-state index contributed by atoms with van der Waals surface area (Å²) in [5.74, 6) is -1.19. The summed E-state index contributed by atoms with van der Waals surface area (Å²) in [7, 11) is 0. The molecule has 0 aliphatic rings. The summed E-state index contributed by atoms with van der Waals surface area (Å²) in [4.78, 5) is 10.4. The lowest BCUT2D eigenvalue weighted by molar-refractivity contribution is -0.146. The molecule has 0 amide bonds. The fourth-order valence-electron chi connectivity index (χ4n) is 1.24. The van der Waals surface area contributed by atoms with Crippen molar-refractivity contribution in [2.75, 3.05) is 0 Å². The Kier molecular flexibility index (Phi) is 3.66. The second-order valence-corrected chi connectivity index (χ2v) is 4.11. The van der Waals surface area contributed by atoms with Gasteiger partial charge < -0.3 is 10.2 Å². The summed E-state index contributed by atoms with van der Waals surface area (Å²) in [5, 5.41) is 17.7. The number of carbonyl (C=O) groups is 1. The highest BCUT2D eigenvalue weighted by Crippen LogP contribution is 2.16. The molecule has 76 valence electrons. The van der Waals surface area contributed by atoms with Crippen molar-refractivity contribution in [3.63, 3.8) is 0 Å². The van der Waals surface area contributed by atoms with Gasteiger partial charge in [0.2, 0.25) is 0 Å². The Hall–Kier alpha value is -0.870. The van der Waals surface area contributed by atoms with Crippen molar-refractivity contribution in [3.05, 3.63) is 33.8 Å². The molecule has 0 heterocycles. The van der Waals surface area contributed by atoms with E-state index in [9.17, 15) is 4.79 Å². The van der Waals surface area contributed by atoms with Crippen LogP contribution >= 0.6 is 15.9 Å². The summed E-state index contributed by atoms with van der Waals surface area (Å²) in [6, 6.07) is 5.59. The number of halogens is 1. The Morgan fingerprint density at radius 3 is 2.64 bits per heavy atom. The summed E-state index contributed by atoms with van der Waals surface area (Å²) in [6.45, 7) is 1.92. The van der Waals surface area contributed by atoms with E-state index in [0.717, 1.165) is 15.6 Å². The quantitative estimate of drug-likeness (QED) is 0.869. The van der Waals surface area contributed by atoms with Gasteiger partial charge in [-0.3, -0.25) is 0 Å². The fourth-order valence-corrected chi connectivity index (χ4v) is 1.90. The number of carboxylic acid groups (broad SMARTS) is 1. The molecule has 0 aromatic heterocycles. The Labute approximate surface area is 90.5 Å². The standard InChI is InChI=1S/C10H11BrO3/c1-6-2-7(4-8(11)3-6)5-9(12)10(13)14/h2-4,9,12H,5H2,1H3,(H,13,14). The minimum atomic E-state index is -1.33. The Balaban J connectivity index is 2.81. The highest BCUT2D eigenvalue weighted by atomic mass is 79.9. The minimum absolute atomic E-state index is 0.135. The predicted molar refractivity (Wildman–Crippen MR) is 56.2 cm³/mol. The van der Waals surface area contributed by atoms with E-state index in [2.05, 4.69) is 15.9 Å². The monoisotopic (exact) mass is 258 g/mol. The SMILES string of the molecule is Cc1cc(Br)cc(CC(O)C(=O)O)c1. The van der Waals surface area contributed by atoms with Crippen LogP contribution in [0.4, 0.5) is 0 Å². The highest BCUT2D eigenvalue weighted by molar-refractivity contribution is 9.10. The zero-order chi connectivity index (χ0) is 10.7. The first-order chi connectivity index (χ1) is 6.49. The summed E-state index contributed by atoms with van der Waals surface area (Å²) in [6.07, 6.45) is -1.20. The molecule has 4 heteroatoms. The molecule has 1 aromatic rings. The number of aryl methyl sites for hydroxylation is 1. The van der Waals surface area contributed by atoms with Gasteiger partial charge in [-0.15, -0.1) is 0 Å². The normalized spacial score (nSPS) is 12.5. The van der Waals surface area contributed by atoms with Gasteiger partial charge in [0.1, 0.15) is 0 Å². The zero-order valence-electron chi connectivity index (χ0n) is 7.70. The lowest BCUT2D eigenvalue weighted by Crippen LogP contribution is -2.21. The van der Waals surface area contributed by atoms with E-state index in [1.807, 2.05) is 19.1 Å². The smallest absolute Gasteiger partial charge is 0.332 e. The molecular formula is C10H11BrO3. The van der Waals surface area contributed by atoms with Crippen molar-refractivity contribution in [1.82, 2.24) is 0 Å². The van der Waals surface area contributed by atoms with Gasteiger partial charge in [0.25, 0.3) is 0 Å². The first-order valence-corrected chi connectivity index (χ1v) is 4.95. The van der Waals surface area contributed by atoms with Crippen molar-refractivity contribution in [2.45, 2.75) is 19.4 Å². The predicted octanol–water partition coefficient (Wildman–Crippen LogP) is 1.75. The molecule has 1 atom stereocenters. The van der Waals surface area contributed by atoms with Gasteiger partial charge >= 0.3 is 5.97 Å². The van der Waals surface area contributed by atoms with Crippen molar-refractivity contribution < 1.29 is 15.0 Å². The molecule has 0 spiro atoms. The molecular weight excluding hydrogens is 248 g/mol. The molecule has 0 aliphatic carbocycles. The molecule has 0 radical (unpaired) electrons. The number of carboxylic acids is 1. The summed E-state index contributed by atoms with van der Waals surface area (Å²) in [5.41, 5.74) is 1.85. The van der Waals surface area contributed by atoms with Gasteiger partial charge in [-0.05, 0) is 30.2 Å². The average Bonchev–Trinajstić information content (AvgIpc) is 2.01. The third-order valence-corrected chi connectivity index (χ3v) is 2.27. The maximum Gasteiger partial charge on any atom is 0.332 e. The first-order valence-electron chi connectivity index (χ1n) is 4.16. The molecule has 0 aliphatic heterocycles. The molecule has 1 unspecified atom stereocenters. The van der Waals surface area contributed by atoms with E-state index in [4.69, 9.17) is 10.2 Å². The van der Waals surface area contributed by atoms with E-state index >= 15 is 0 Å². The minimum Gasteiger partial charge on any atom is -0.479 e. The van der Waals surface area contributed by atoms with Gasteiger partial charge in [0.05, 0.1) is 0 Å². The molecule has 14 heavy (non-hydrogen) atoms. The average molecular weight is 259 g/mol. The van der Waals surface area contributed by atoms with E-state index in [1.165, 1.54) is 0 Å². The lowest BCUT2D eigenvalue weighted by atomic mass is 10.1. The summed E-state index contributed by atoms with van der Waals surface area (Å²) < 4.78 is 0.894. The molecule has 0 saturated carbocycles. The van der Waals surface area contributed by atoms with Crippen LogP contribution in [0.3, 0.4) is 0 Å². The third kappa shape index (κ3) is 3.12. The van der Waals surface area contributed by atoms with E-state index in [-0.39, 0.29) is 6.42 Å². The van der Waals surface area contributed by atoms with Crippen molar-refractivity contribution in [3.8, 4) is 0 Å². The van der Waals surface area contributed by atoms with Crippen LogP contribution in [0, 0.1) is 6.92 Å². The number of aliphatic hydroxyl groups excluding tert-OH is 1. The van der Waals surface area contributed by atoms with E-state index < -0.39 is 12.1 Å². The molecule has 0 saturated heterocycles. The Morgan fingerprint density at radius 1 is 1.50 bits per heavy atom. The molecule has 0 bridgehead atoms. The lowest BCUT2D eigenvalue weighted by Gasteiger charge is -2.06. The van der Waals surface area contributed by atoms with Gasteiger partial charge in [-0.25, -0.2) is 4.79 Å². The highest BCUT2D eigenvalue weighted by Gasteiger charge is 2.13. The van der Waals surface area contributed by atoms with Crippen molar-refractivity contribution in [2.24, 2.45) is 0 Å². The van der Waals surface area contributed by atoms with Crippen molar-refractivity contribution >= 4 is 21.9 Å². The van der Waals surface area contributed by atoms with Crippen LogP contribution in [-0.4, -0.2) is 22.3 Å². The second-order valence-electron chi connectivity index (χ2n) is 3.19. The molecule has 1 aromatic carbocycles. The van der Waals surface area contributed by atoms with Crippen molar-refractivity contribution in [1.29, 1.82) is 0 Å². The van der Waals surface area contributed by atoms with Gasteiger partial charge in [0.15, 0.2) is 6.10 Å². The van der Waals surface area contributed by atoms with Gasteiger partial charge in [-0.1, -0.05) is 22.0 Å². The zero-order valence-corrected chi connectivity index (χ0v) is 9.28. The van der Waals surface area contributed by atoms with Crippen LogP contribution in [0.15, 0.2) is 22.7 Å². The number of aliphatic carboxylic acids is 1. The second kappa shape index (κ2) is 4.57. The number of rotatable bonds is 3. The van der Waals surface area contributed by atoms with Crippen LogP contribution in [0.2, 0.25) is 0 Å². The largest absolute Gasteiger partial charge is 0.479 e. The van der Waals surface area contributed by atoms with E-state index in [0.29, 0.717) is 0 Å². The van der Waals surface area contributed by atoms with Crippen LogP contribution in [0.5, 0.6) is 0 Å². The van der Waals surface area contributed by atoms with E-state index in [1.54, 1.807) is 6.07 Å². The molecule has 0 fully saturated rings. The molecule has 3 nitrogen and oxygen atoms in total. The Bertz CT molecular complexity index is 329. The number of benzene rings is 1. The number of aliphatic hydroxyl groups is 1. The molecule has 1 rings (SSSR count). The fraction of sp³-hybridized carbons (Fsp3) is 0.300. The third-order valence-electron chi connectivity index (χ3n) is 1.82. The van der Waals surface area contributed by atoms with Crippen LogP contribution in [0.25, 0.3) is 0 Å². The Morgan fingerprint density at radius 2 is 2.14 bits per heavy atom. The maximum atomic E-state index is 10.4. The van der Waals surface area contributed by atoms with Gasteiger partial charge in [-0.2, -0.15) is 0 Å². The van der Waals surface area contributed by atoms with Crippen LogP contribution in [0.1, 0.15) is 11.1 Å². The summed E-state index contributed by atoms with van der Waals surface area (Å²) >= 11 is 3.31. The van der Waals surface area contributed by atoms with Gasteiger partial charge in [0, 0.05) is 10.9 Å². The topological polar surface area (TPSA) is 57.5 Å². The first kappa shape index (κ1) is 11.2. The van der Waals surface area contributed by atoms with Crippen LogP contribution in [-0.2, 0) is 11.2 Å². The number of hydrogen-bond donors (Lipinski definition) is 2. The number of hydrogen-bond acceptors (Lipinski definition) is 2. The maximum absolute atomic E-state index is 10.4.